The van der Waals surface area contributed by atoms with Crippen LogP contribution in [0.25, 0.3) is 0 Å². The molecule has 1 aromatic rings. The minimum atomic E-state index is 0.169. The number of nitrogens with one attached hydrogen (secondary N) is 1. The second-order valence-electron chi connectivity index (χ2n) is 4.41. The average molecular weight is 278 g/mol. The first-order valence-electron chi connectivity index (χ1n) is 5.68. The number of hydrogen-bond acceptors (Lipinski definition) is 1. The fourth-order valence-electron chi connectivity index (χ4n) is 2.27. The molecule has 0 aliphatic heterocycles. The lowest BCUT2D eigenvalue weighted by molar-refractivity contribution is 0.443. The van der Waals surface area contributed by atoms with E-state index < -0.39 is 0 Å². The monoisotopic (exact) mass is 277 g/mol. The van der Waals surface area contributed by atoms with Crippen LogP contribution in [0.5, 0.6) is 0 Å². The lowest BCUT2D eigenvalue weighted by atomic mass is 9.88. The first-order chi connectivity index (χ1) is 7.69. The third-order valence-corrected chi connectivity index (χ3v) is 3.63. The van der Waals surface area contributed by atoms with E-state index in [1.807, 2.05) is 6.92 Å². The summed E-state index contributed by atoms with van der Waals surface area (Å²) in [5, 5.41) is 3.48. The minimum absolute atomic E-state index is 0.169. The standard InChI is InChI=1S/C14H16BrN/c1-3-10(2)16-14-7-5-11-8-13(15)6-4-12(11)9-14/h1,4,6,8,10,14,16H,5,7,9H2,2H3. The minimum Gasteiger partial charge on any atom is -0.301 e. The van der Waals surface area contributed by atoms with Crippen LogP contribution in [0.1, 0.15) is 24.5 Å². The Hall–Kier alpha value is -0.780. The van der Waals surface area contributed by atoms with Crippen LogP contribution in [0.4, 0.5) is 0 Å². The molecule has 0 amide bonds. The Kier molecular flexibility index (Phi) is 3.68. The zero-order valence-corrected chi connectivity index (χ0v) is 11.0. The molecule has 1 aromatic carbocycles. The summed E-state index contributed by atoms with van der Waals surface area (Å²) in [6, 6.07) is 7.26. The molecule has 1 aliphatic carbocycles. The molecule has 2 heteroatoms. The summed E-state index contributed by atoms with van der Waals surface area (Å²) >= 11 is 3.51. The molecule has 2 atom stereocenters. The smallest absolute Gasteiger partial charge is 0.0660 e. The number of fused-ring (bicyclic) bond motifs is 1. The average Bonchev–Trinajstić information content (AvgIpc) is 2.29. The van der Waals surface area contributed by atoms with Gasteiger partial charge >= 0.3 is 0 Å². The molecule has 2 unspecified atom stereocenters. The molecule has 0 bridgehead atoms. The van der Waals surface area contributed by atoms with Crippen molar-refractivity contribution in [3.8, 4) is 12.3 Å². The highest BCUT2D eigenvalue weighted by atomic mass is 79.9. The highest BCUT2D eigenvalue weighted by Gasteiger charge is 2.19. The van der Waals surface area contributed by atoms with Crippen molar-refractivity contribution in [2.75, 3.05) is 0 Å². The first kappa shape index (κ1) is 11.7. The van der Waals surface area contributed by atoms with Gasteiger partial charge in [-0.2, -0.15) is 0 Å². The van der Waals surface area contributed by atoms with Gasteiger partial charge in [0.15, 0.2) is 0 Å². The van der Waals surface area contributed by atoms with Crippen molar-refractivity contribution in [1.29, 1.82) is 0 Å². The van der Waals surface area contributed by atoms with Crippen molar-refractivity contribution in [3.63, 3.8) is 0 Å². The quantitative estimate of drug-likeness (QED) is 0.820. The van der Waals surface area contributed by atoms with E-state index in [0.717, 1.165) is 12.8 Å². The molecule has 16 heavy (non-hydrogen) atoms. The summed E-state index contributed by atoms with van der Waals surface area (Å²) in [5.74, 6) is 2.73. The summed E-state index contributed by atoms with van der Waals surface area (Å²) < 4.78 is 1.18. The number of halogens is 1. The van der Waals surface area contributed by atoms with Crippen LogP contribution in [-0.4, -0.2) is 12.1 Å². The van der Waals surface area contributed by atoms with Gasteiger partial charge in [-0.25, -0.2) is 0 Å². The van der Waals surface area contributed by atoms with E-state index in [4.69, 9.17) is 6.42 Å². The Morgan fingerprint density at radius 1 is 1.50 bits per heavy atom. The molecule has 84 valence electrons. The summed E-state index contributed by atoms with van der Waals surface area (Å²) in [5.41, 5.74) is 2.93. The van der Waals surface area contributed by atoms with E-state index in [1.54, 1.807) is 0 Å². The molecule has 0 spiro atoms. The summed E-state index contributed by atoms with van der Waals surface area (Å²) in [6.07, 6.45) is 8.80. The van der Waals surface area contributed by atoms with Crippen LogP contribution in [-0.2, 0) is 12.8 Å². The molecule has 2 rings (SSSR count). The molecule has 1 N–H and O–H groups in total. The number of hydrogen-bond donors (Lipinski definition) is 1. The topological polar surface area (TPSA) is 12.0 Å². The van der Waals surface area contributed by atoms with Crippen LogP contribution in [0.3, 0.4) is 0 Å². The zero-order valence-electron chi connectivity index (χ0n) is 9.46. The van der Waals surface area contributed by atoms with E-state index in [9.17, 15) is 0 Å². The van der Waals surface area contributed by atoms with Crippen LogP contribution < -0.4 is 5.32 Å². The number of aryl methyl sites for hydroxylation is 1. The molecule has 1 aliphatic rings. The number of benzene rings is 1. The van der Waals surface area contributed by atoms with Crippen LogP contribution in [0.15, 0.2) is 22.7 Å². The summed E-state index contributed by atoms with van der Waals surface area (Å²) in [6.45, 7) is 2.04. The zero-order chi connectivity index (χ0) is 11.5. The highest BCUT2D eigenvalue weighted by molar-refractivity contribution is 9.10. The maximum absolute atomic E-state index is 5.38. The molecule has 0 saturated heterocycles. The van der Waals surface area contributed by atoms with E-state index >= 15 is 0 Å². The van der Waals surface area contributed by atoms with Crippen molar-refractivity contribution in [2.24, 2.45) is 0 Å². The van der Waals surface area contributed by atoms with Gasteiger partial charge in [-0.3, -0.25) is 0 Å². The molecule has 0 aromatic heterocycles. The fraction of sp³-hybridized carbons (Fsp3) is 0.429. The molecule has 0 saturated carbocycles. The second-order valence-corrected chi connectivity index (χ2v) is 5.32. The van der Waals surface area contributed by atoms with Crippen molar-refractivity contribution in [1.82, 2.24) is 5.32 Å². The Bertz CT molecular complexity index is 419. The normalized spacial score (nSPS) is 20.9. The lowest BCUT2D eigenvalue weighted by Crippen LogP contribution is -2.39. The Balaban J connectivity index is 2.07. The molecule has 0 fully saturated rings. The molecule has 0 heterocycles. The van der Waals surface area contributed by atoms with Crippen LogP contribution in [0, 0.1) is 12.3 Å². The summed E-state index contributed by atoms with van der Waals surface area (Å²) in [7, 11) is 0. The largest absolute Gasteiger partial charge is 0.301 e. The van der Waals surface area contributed by atoms with Gasteiger partial charge in [-0.05, 0) is 49.4 Å². The highest BCUT2D eigenvalue weighted by Crippen LogP contribution is 2.24. The Labute approximate surface area is 106 Å². The third-order valence-electron chi connectivity index (χ3n) is 3.13. The van der Waals surface area contributed by atoms with Gasteiger partial charge in [0.25, 0.3) is 0 Å². The van der Waals surface area contributed by atoms with Crippen molar-refractivity contribution in [3.05, 3.63) is 33.8 Å². The van der Waals surface area contributed by atoms with Gasteiger partial charge in [-0.1, -0.05) is 27.9 Å². The predicted molar refractivity (Wildman–Crippen MR) is 71.4 cm³/mol. The van der Waals surface area contributed by atoms with Gasteiger partial charge < -0.3 is 5.32 Å². The van der Waals surface area contributed by atoms with E-state index in [1.165, 1.54) is 22.0 Å². The second kappa shape index (κ2) is 5.03. The van der Waals surface area contributed by atoms with Crippen molar-refractivity contribution >= 4 is 15.9 Å². The lowest BCUT2D eigenvalue weighted by Gasteiger charge is -2.27. The van der Waals surface area contributed by atoms with E-state index in [-0.39, 0.29) is 6.04 Å². The van der Waals surface area contributed by atoms with Crippen LogP contribution >= 0.6 is 15.9 Å². The third kappa shape index (κ3) is 2.66. The molecular weight excluding hydrogens is 262 g/mol. The molecule has 1 nitrogen and oxygen atoms in total. The number of rotatable bonds is 2. The first-order valence-corrected chi connectivity index (χ1v) is 6.48. The fourth-order valence-corrected chi connectivity index (χ4v) is 2.68. The van der Waals surface area contributed by atoms with Crippen molar-refractivity contribution in [2.45, 2.75) is 38.3 Å². The number of terminal acetylenes is 1. The van der Waals surface area contributed by atoms with Crippen LogP contribution in [0.2, 0.25) is 0 Å². The van der Waals surface area contributed by atoms with Gasteiger partial charge in [0.2, 0.25) is 0 Å². The van der Waals surface area contributed by atoms with Gasteiger partial charge in [0.1, 0.15) is 0 Å². The van der Waals surface area contributed by atoms with Gasteiger partial charge in [0, 0.05) is 10.5 Å². The Morgan fingerprint density at radius 2 is 2.31 bits per heavy atom. The summed E-state index contributed by atoms with van der Waals surface area (Å²) in [4.78, 5) is 0. The maximum Gasteiger partial charge on any atom is 0.0660 e. The Morgan fingerprint density at radius 3 is 3.06 bits per heavy atom. The molecule has 0 radical (unpaired) electrons. The van der Waals surface area contributed by atoms with E-state index in [0.29, 0.717) is 6.04 Å². The maximum atomic E-state index is 5.38. The van der Waals surface area contributed by atoms with Gasteiger partial charge in [-0.15, -0.1) is 6.42 Å². The van der Waals surface area contributed by atoms with Gasteiger partial charge in [0.05, 0.1) is 6.04 Å². The molecular formula is C14H16BrN. The van der Waals surface area contributed by atoms with E-state index in [2.05, 4.69) is 45.4 Å². The predicted octanol–water partition coefficient (Wildman–Crippen LogP) is 2.92. The SMILES string of the molecule is C#CC(C)NC1CCc2cc(Br)ccc2C1. The van der Waals surface area contributed by atoms with Crippen molar-refractivity contribution < 1.29 is 0 Å².